The first kappa shape index (κ1) is 19.8. The highest BCUT2D eigenvalue weighted by Gasteiger charge is 2.25. The van der Waals surface area contributed by atoms with Gasteiger partial charge < -0.3 is 11.1 Å². The van der Waals surface area contributed by atoms with Gasteiger partial charge in [0.1, 0.15) is 0 Å². The molecule has 3 heteroatoms. The maximum Gasteiger partial charge on any atom is 0.223 e. The molecule has 0 radical (unpaired) electrons. The van der Waals surface area contributed by atoms with Gasteiger partial charge in [0.05, 0.1) is 0 Å². The average molecular weight is 337 g/mol. The summed E-state index contributed by atoms with van der Waals surface area (Å²) < 4.78 is 0. The fourth-order valence-electron chi connectivity index (χ4n) is 4.56. The van der Waals surface area contributed by atoms with Gasteiger partial charge in [0.2, 0.25) is 5.91 Å². The summed E-state index contributed by atoms with van der Waals surface area (Å²) in [7, 11) is 0. The maximum absolute atomic E-state index is 12.8. The standard InChI is InChI=1S/C21H40N2O/c1-17(22)18-11-9-10-12-19(16-15-18)21(24)23-20-13-7-5-3-2-4-6-8-14-20/h17-20H,2-16,22H2,1H3,(H,23,24). The van der Waals surface area contributed by atoms with Crippen LogP contribution in [0.2, 0.25) is 0 Å². The summed E-state index contributed by atoms with van der Waals surface area (Å²) in [4.78, 5) is 12.8. The molecule has 24 heavy (non-hydrogen) atoms. The summed E-state index contributed by atoms with van der Waals surface area (Å²) in [5, 5.41) is 3.43. The Bertz CT molecular complexity index is 346. The largest absolute Gasteiger partial charge is 0.353 e. The number of hydrogen-bond acceptors (Lipinski definition) is 2. The van der Waals surface area contributed by atoms with Crippen LogP contribution in [-0.2, 0) is 4.79 Å². The molecule has 3 atom stereocenters. The SMILES string of the molecule is CC(N)C1CCCCC(C(=O)NC2CCCCCCCCC2)CC1. The van der Waals surface area contributed by atoms with Gasteiger partial charge in [-0.3, -0.25) is 4.79 Å². The summed E-state index contributed by atoms with van der Waals surface area (Å²) in [5.41, 5.74) is 6.12. The van der Waals surface area contributed by atoms with Crippen molar-refractivity contribution in [3.63, 3.8) is 0 Å². The highest BCUT2D eigenvalue weighted by molar-refractivity contribution is 5.78. The van der Waals surface area contributed by atoms with Gasteiger partial charge in [0.25, 0.3) is 0 Å². The Hall–Kier alpha value is -0.570. The first-order valence-electron chi connectivity index (χ1n) is 10.7. The number of nitrogens with one attached hydrogen (secondary N) is 1. The van der Waals surface area contributed by atoms with Crippen LogP contribution < -0.4 is 11.1 Å². The Balaban J connectivity index is 1.81. The second kappa shape index (κ2) is 11.1. The monoisotopic (exact) mass is 336 g/mol. The van der Waals surface area contributed by atoms with E-state index in [4.69, 9.17) is 5.73 Å². The lowest BCUT2D eigenvalue weighted by atomic mass is 9.82. The van der Waals surface area contributed by atoms with E-state index in [1.54, 1.807) is 0 Å². The predicted molar refractivity (Wildman–Crippen MR) is 102 cm³/mol. The Morgan fingerprint density at radius 1 is 0.792 bits per heavy atom. The minimum absolute atomic E-state index is 0.224. The van der Waals surface area contributed by atoms with Crippen LogP contribution in [0.15, 0.2) is 0 Å². The van der Waals surface area contributed by atoms with Crippen LogP contribution in [0.4, 0.5) is 0 Å². The topological polar surface area (TPSA) is 55.1 Å². The zero-order chi connectivity index (χ0) is 17.2. The lowest BCUT2D eigenvalue weighted by molar-refractivity contribution is -0.126. The number of carbonyl (C=O) groups is 1. The molecule has 0 heterocycles. The summed E-state index contributed by atoms with van der Waals surface area (Å²) >= 11 is 0. The first-order valence-corrected chi connectivity index (χ1v) is 10.7. The van der Waals surface area contributed by atoms with Crippen molar-refractivity contribution in [3.8, 4) is 0 Å². The lowest BCUT2D eigenvalue weighted by Crippen LogP contribution is -2.40. The average Bonchev–Trinajstić information content (AvgIpc) is 2.53. The van der Waals surface area contributed by atoms with Gasteiger partial charge in [0, 0.05) is 18.0 Å². The number of carbonyl (C=O) groups excluding carboxylic acids is 1. The van der Waals surface area contributed by atoms with E-state index >= 15 is 0 Å². The van der Waals surface area contributed by atoms with Gasteiger partial charge >= 0.3 is 0 Å². The van der Waals surface area contributed by atoms with Crippen molar-refractivity contribution in [2.24, 2.45) is 17.6 Å². The highest BCUT2D eigenvalue weighted by Crippen LogP contribution is 2.28. The van der Waals surface area contributed by atoms with Crippen molar-refractivity contribution in [2.45, 2.75) is 115 Å². The zero-order valence-electron chi connectivity index (χ0n) is 15.9. The minimum atomic E-state index is 0.224. The maximum atomic E-state index is 12.8. The summed E-state index contributed by atoms with van der Waals surface area (Å²) in [6.45, 7) is 2.13. The van der Waals surface area contributed by atoms with E-state index in [1.165, 1.54) is 77.0 Å². The summed E-state index contributed by atoms with van der Waals surface area (Å²) in [6.07, 6.45) is 18.7. The van der Waals surface area contributed by atoms with Crippen LogP contribution >= 0.6 is 0 Å². The second-order valence-electron chi connectivity index (χ2n) is 8.44. The van der Waals surface area contributed by atoms with Gasteiger partial charge in [-0.25, -0.2) is 0 Å². The highest BCUT2D eigenvalue weighted by atomic mass is 16.1. The lowest BCUT2D eigenvalue weighted by Gasteiger charge is -2.28. The van der Waals surface area contributed by atoms with Crippen LogP contribution in [0.5, 0.6) is 0 Å². The van der Waals surface area contributed by atoms with Gasteiger partial charge in [0.15, 0.2) is 0 Å². The number of nitrogens with two attached hydrogens (primary N) is 1. The molecular weight excluding hydrogens is 296 g/mol. The van der Waals surface area contributed by atoms with Crippen molar-refractivity contribution in [1.82, 2.24) is 5.32 Å². The molecule has 140 valence electrons. The molecule has 2 rings (SSSR count). The third-order valence-corrected chi connectivity index (χ3v) is 6.33. The summed E-state index contributed by atoms with van der Waals surface area (Å²) in [5.74, 6) is 1.17. The molecule has 3 N–H and O–H groups in total. The van der Waals surface area contributed by atoms with E-state index in [1.807, 2.05) is 0 Å². The zero-order valence-corrected chi connectivity index (χ0v) is 15.9. The molecule has 0 saturated heterocycles. The van der Waals surface area contributed by atoms with Crippen molar-refractivity contribution in [1.29, 1.82) is 0 Å². The second-order valence-corrected chi connectivity index (χ2v) is 8.44. The summed E-state index contributed by atoms with van der Waals surface area (Å²) in [6, 6.07) is 0.690. The third kappa shape index (κ3) is 7.13. The third-order valence-electron chi connectivity index (χ3n) is 6.33. The quantitative estimate of drug-likeness (QED) is 0.768. The predicted octanol–water partition coefficient (Wildman–Crippen LogP) is 4.93. The Morgan fingerprint density at radius 2 is 1.33 bits per heavy atom. The van der Waals surface area contributed by atoms with E-state index in [0.29, 0.717) is 17.9 Å². The molecule has 2 saturated carbocycles. The fraction of sp³-hybridized carbons (Fsp3) is 0.952. The Labute approximate surface area is 149 Å². The van der Waals surface area contributed by atoms with Crippen LogP contribution in [0, 0.1) is 11.8 Å². The van der Waals surface area contributed by atoms with Crippen LogP contribution in [0.1, 0.15) is 103 Å². The fourth-order valence-corrected chi connectivity index (χ4v) is 4.56. The van der Waals surface area contributed by atoms with Crippen molar-refractivity contribution in [2.75, 3.05) is 0 Å². The number of amides is 1. The molecule has 3 unspecified atom stereocenters. The molecule has 0 spiro atoms. The van der Waals surface area contributed by atoms with Crippen LogP contribution in [0.25, 0.3) is 0 Å². The number of hydrogen-bond donors (Lipinski definition) is 2. The van der Waals surface area contributed by atoms with Gasteiger partial charge in [-0.2, -0.15) is 0 Å². The Kier molecular flexibility index (Phi) is 9.15. The van der Waals surface area contributed by atoms with E-state index < -0.39 is 0 Å². The first-order chi connectivity index (χ1) is 11.7. The molecule has 0 aromatic heterocycles. The van der Waals surface area contributed by atoms with Crippen LogP contribution in [0.3, 0.4) is 0 Å². The van der Waals surface area contributed by atoms with Gasteiger partial charge in [-0.1, -0.05) is 57.8 Å². The Morgan fingerprint density at radius 3 is 1.96 bits per heavy atom. The molecule has 0 bridgehead atoms. The van der Waals surface area contributed by atoms with Crippen molar-refractivity contribution in [3.05, 3.63) is 0 Å². The van der Waals surface area contributed by atoms with Gasteiger partial charge in [-0.05, 0) is 51.4 Å². The minimum Gasteiger partial charge on any atom is -0.353 e. The molecule has 0 aliphatic heterocycles. The molecular formula is C21H40N2O. The van der Waals surface area contributed by atoms with E-state index in [0.717, 1.165) is 19.3 Å². The van der Waals surface area contributed by atoms with Gasteiger partial charge in [-0.15, -0.1) is 0 Å². The molecule has 2 aliphatic carbocycles. The molecule has 2 aliphatic rings. The molecule has 3 nitrogen and oxygen atoms in total. The molecule has 0 aromatic rings. The molecule has 1 amide bonds. The van der Waals surface area contributed by atoms with E-state index in [9.17, 15) is 4.79 Å². The number of rotatable bonds is 3. The normalized spacial score (nSPS) is 29.9. The van der Waals surface area contributed by atoms with E-state index in [2.05, 4.69) is 12.2 Å². The molecule has 2 fully saturated rings. The van der Waals surface area contributed by atoms with Crippen LogP contribution in [-0.4, -0.2) is 18.0 Å². The van der Waals surface area contributed by atoms with E-state index in [-0.39, 0.29) is 12.0 Å². The van der Waals surface area contributed by atoms with Crippen molar-refractivity contribution >= 4 is 5.91 Å². The smallest absolute Gasteiger partial charge is 0.223 e. The van der Waals surface area contributed by atoms with Crippen molar-refractivity contribution < 1.29 is 4.79 Å². The molecule has 0 aromatic carbocycles.